The van der Waals surface area contributed by atoms with Gasteiger partial charge in [0.05, 0.1) is 5.56 Å². The minimum atomic E-state index is -4.49. The molecule has 0 unspecified atom stereocenters. The molecule has 132 valence electrons. The molecule has 2 aromatic rings. The summed E-state index contributed by atoms with van der Waals surface area (Å²) in [6.45, 7) is 1.25. The molecule has 5 nitrogen and oxygen atoms in total. The van der Waals surface area contributed by atoms with Crippen LogP contribution in [0.1, 0.15) is 18.1 Å². The summed E-state index contributed by atoms with van der Waals surface area (Å²) in [5, 5.41) is 2.38. The number of nitrogens with one attached hydrogen (secondary N) is 1. The highest BCUT2D eigenvalue weighted by Gasteiger charge is 2.30. The van der Waals surface area contributed by atoms with E-state index in [0.29, 0.717) is 0 Å². The van der Waals surface area contributed by atoms with Crippen molar-refractivity contribution in [1.82, 2.24) is 9.88 Å². The quantitative estimate of drug-likeness (QED) is 0.900. The smallest absolute Gasteiger partial charge is 0.329 e. The van der Waals surface area contributed by atoms with Gasteiger partial charge in [-0.05, 0) is 35.9 Å². The summed E-state index contributed by atoms with van der Waals surface area (Å²) in [6.07, 6.45) is -1.36. The lowest BCUT2D eigenvalue weighted by Gasteiger charge is -2.20. The van der Waals surface area contributed by atoms with E-state index in [-0.39, 0.29) is 24.7 Å². The highest BCUT2D eigenvalue weighted by atomic mass is 19.4. The van der Waals surface area contributed by atoms with Crippen LogP contribution in [-0.4, -0.2) is 28.2 Å². The molecule has 0 aliphatic heterocycles. The van der Waals surface area contributed by atoms with Crippen LogP contribution in [0.2, 0.25) is 0 Å². The third kappa shape index (κ3) is 5.59. The van der Waals surface area contributed by atoms with E-state index in [4.69, 9.17) is 0 Å². The van der Waals surface area contributed by atoms with Gasteiger partial charge in [0.15, 0.2) is 0 Å². The first-order valence-electron chi connectivity index (χ1n) is 7.37. The van der Waals surface area contributed by atoms with E-state index in [2.05, 4.69) is 10.3 Å². The number of carbonyl (C=O) groups is 2. The summed E-state index contributed by atoms with van der Waals surface area (Å²) >= 11 is 0. The molecule has 0 saturated carbocycles. The van der Waals surface area contributed by atoms with Crippen molar-refractivity contribution in [2.24, 2.45) is 0 Å². The first-order valence-corrected chi connectivity index (χ1v) is 7.37. The van der Waals surface area contributed by atoms with Crippen molar-refractivity contribution >= 4 is 17.5 Å². The molecule has 0 atom stereocenters. The molecule has 2 rings (SSSR count). The lowest BCUT2D eigenvalue weighted by molar-refractivity contribution is -0.137. The number of anilines is 1. The van der Waals surface area contributed by atoms with Crippen molar-refractivity contribution in [1.29, 1.82) is 0 Å². The fourth-order valence-corrected chi connectivity index (χ4v) is 2.13. The summed E-state index contributed by atoms with van der Waals surface area (Å²) in [4.78, 5) is 28.9. The molecule has 8 heteroatoms. The Labute approximate surface area is 142 Å². The Bertz CT molecular complexity index is 748. The van der Waals surface area contributed by atoms with Crippen molar-refractivity contribution in [2.75, 3.05) is 11.9 Å². The van der Waals surface area contributed by atoms with Crippen molar-refractivity contribution in [2.45, 2.75) is 19.6 Å². The number of pyridine rings is 1. The molecule has 0 fully saturated rings. The molecule has 2 amide bonds. The Balaban J connectivity index is 2.03. The number of amides is 2. The van der Waals surface area contributed by atoms with Crippen molar-refractivity contribution in [3.05, 3.63) is 59.9 Å². The fraction of sp³-hybridized carbons (Fsp3) is 0.235. The third-order valence-electron chi connectivity index (χ3n) is 3.38. The predicted molar refractivity (Wildman–Crippen MR) is 85.4 cm³/mol. The van der Waals surface area contributed by atoms with Gasteiger partial charge in [-0.25, -0.2) is 0 Å². The Morgan fingerprint density at radius 1 is 1.16 bits per heavy atom. The number of rotatable bonds is 5. The SMILES string of the molecule is CC(=O)N(CC(=O)Nc1cccc(C(F)(F)F)c1)Cc1ccncc1. The second-order valence-corrected chi connectivity index (χ2v) is 5.36. The Morgan fingerprint density at radius 2 is 1.84 bits per heavy atom. The van der Waals surface area contributed by atoms with E-state index >= 15 is 0 Å². The molecule has 1 aromatic carbocycles. The summed E-state index contributed by atoms with van der Waals surface area (Å²) in [6, 6.07) is 7.74. The van der Waals surface area contributed by atoms with Crippen LogP contribution >= 0.6 is 0 Å². The number of alkyl halides is 3. The van der Waals surface area contributed by atoms with Crippen LogP contribution in [0.25, 0.3) is 0 Å². The molecule has 1 aromatic heterocycles. The molecule has 25 heavy (non-hydrogen) atoms. The topological polar surface area (TPSA) is 62.3 Å². The number of halogens is 3. The number of nitrogens with zero attached hydrogens (tertiary/aromatic N) is 2. The molecule has 1 heterocycles. The van der Waals surface area contributed by atoms with Gasteiger partial charge in [-0.1, -0.05) is 6.07 Å². The van der Waals surface area contributed by atoms with Crippen LogP contribution in [-0.2, 0) is 22.3 Å². The molecule has 0 radical (unpaired) electrons. The largest absolute Gasteiger partial charge is 0.416 e. The minimum Gasteiger partial charge on any atom is -0.329 e. The average Bonchev–Trinajstić information content (AvgIpc) is 2.54. The van der Waals surface area contributed by atoms with Crippen molar-refractivity contribution in [3.63, 3.8) is 0 Å². The molecular weight excluding hydrogens is 335 g/mol. The average molecular weight is 351 g/mol. The highest BCUT2D eigenvalue weighted by molar-refractivity contribution is 5.94. The summed E-state index contributed by atoms with van der Waals surface area (Å²) in [7, 11) is 0. The lowest BCUT2D eigenvalue weighted by atomic mass is 10.2. The van der Waals surface area contributed by atoms with Gasteiger partial charge in [0.25, 0.3) is 0 Å². The van der Waals surface area contributed by atoms with Gasteiger partial charge in [-0.3, -0.25) is 14.6 Å². The standard InChI is InChI=1S/C17H16F3N3O2/c1-12(24)23(10-13-5-7-21-8-6-13)11-16(25)22-15-4-2-3-14(9-15)17(18,19)20/h2-9H,10-11H2,1H3,(H,22,25). The number of benzene rings is 1. The normalized spacial score (nSPS) is 11.0. The van der Waals surface area contributed by atoms with E-state index in [0.717, 1.165) is 17.7 Å². The van der Waals surface area contributed by atoms with Gasteiger partial charge in [-0.2, -0.15) is 13.2 Å². The molecule has 1 N–H and O–H groups in total. The van der Waals surface area contributed by atoms with Gasteiger partial charge >= 0.3 is 6.18 Å². The summed E-state index contributed by atoms with van der Waals surface area (Å²) in [5.74, 6) is -0.903. The number of hydrogen-bond acceptors (Lipinski definition) is 3. The van der Waals surface area contributed by atoms with Crippen molar-refractivity contribution < 1.29 is 22.8 Å². The van der Waals surface area contributed by atoms with Crippen LogP contribution in [0.3, 0.4) is 0 Å². The Hall–Kier alpha value is -2.90. The second kappa shape index (κ2) is 7.78. The van der Waals surface area contributed by atoms with Crippen molar-refractivity contribution in [3.8, 4) is 0 Å². The van der Waals surface area contributed by atoms with Crippen LogP contribution in [0.5, 0.6) is 0 Å². The van der Waals surface area contributed by atoms with E-state index in [1.807, 2.05) is 0 Å². The van der Waals surface area contributed by atoms with E-state index < -0.39 is 17.6 Å². The third-order valence-corrected chi connectivity index (χ3v) is 3.38. The number of carbonyl (C=O) groups excluding carboxylic acids is 2. The van der Waals surface area contributed by atoms with Gasteiger partial charge in [0.1, 0.15) is 6.54 Å². The van der Waals surface area contributed by atoms with Gasteiger partial charge in [0.2, 0.25) is 11.8 Å². The monoisotopic (exact) mass is 351 g/mol. The first-order chi connectivity index (χ1) is 11.8. The van der Waals surface area contributed by atoms with E-state index in [1.54, 1.807) is 24.5 Å². The molecule has 0 aliphatic rings. The zero-order valence-corrected chi connectivity index (χ0v) is 13.4. The highest BCUT2D eigenvalue weighted by Crippen LogP contribution is 2.30. The minimum absolute atomic E-state index is 0.0206. The maximum atomic E-state index is 12.7. The molecule has 0 bridgehead atoms. The fourth-order valence-electron chi connectivity index (χ4n) is 2.13. The molecule has 0 spiro atoms. The van der Waals surface area contributed by atoms with E-state index in [1.165, 1.54) is 24.0 Å². The van der Waals surface area contributed by atoms with Gasteiger partial charge < -0.3 is 10.2 Å². The first kappa shape index (κ1) is 18.4. The second-order valence-electron chi connectivity index (χ2n) is 5.36. The summed E-state index contributed by atoms with van der Waals surface area (Å²) < 4.78 is 38.1. The van der Waals surface area contributed by atoms with E-state index in [9.17, 15) is 22.8 Å². The lowest BCUT2D eigenvalue weighted by Crippen LogP contribution is -2.36. The maximum Gasteiger partial charge on any atom is 0.416 e. The van der Waals surface area contributed by atoms with Crippen LogP contribution in [0.4, 0.5) is 18.9 Å². The summed E-state index contributed by atoms with van der Waals surface area (Å²) in [5.41, 5.74) is -0.0465. The predicted octanol–water partition coefficient (Wildman–Crippen LogP) is 3.09. The number of aromatic nitrogens is 1. The molecular formula is C17H16F3N3O2. The van der Waals surface area contributed by atoms with Crippen LogP contribution in [0, 0.1) is 0 Å². The number of hydrogen-bond donors (Lipinski definition) is 1. The molecule has 0 saturated heterocycles. The Kier molecular flexibility index (Phi) is 5.74. The van der Waals surface area contributed by atoms with Gasteiger partial charge in [-0.15, -0.1) is 0 Å². The zero-order valence-electron chi connectivity index (χ0n) is 13.4. The maximum absolute atomic E-state index is 12.7. The van der Waals surface area contributed by atoms with Crippen LogP contribution < -0.4 is 5.32 Å². The zero-order chi connectivity index (χ0) is 18.4. The van der Waals surface area contributed by atoms with Crippen LogP contribution in [0.15, 0.2) is 48.8 Å². The molecule has 0 aliphatic carbocycles. The van der Waals surface area contributed by atoms with Gasteiger partial charge in [0, 0.05) is 31.5 Å². The Morgan fingerprint density at radius 3 is 2.44 bits per heavy atom.